The molecule has 0 radical (unpaired) electrons. The van der Waals surface area contributed by atoms with Crippen LogP contribution in [0.25, 0.3) is 23.3 Å². The lowest BCUT2D eigenvalue weighted by Crippen LogP contribution is -2.29. The molecule has 0 aliphatic carbocycles. The van der Waals surface area contributed by atoms with E-state index in [9.17, 15) is 4.79 Å². The number of carbonyl (C=O) groups is 1. The molecule has 2 nitrogen and oxygen atoms in total. The molecule has 0 saturated carbocycles. The van der Waals surface area contributed by atoms with E-state index in [1.165, 1.54) is 16.7 Å². The first-order valence-electron chi connectivity index (χ1n) is 8.97. The molecule has 1 aliphatic rings. The van der Waals surface area contributed by atoms with Gasteiger partial charge in [-0.15, -0.1) is 0 Å². The highest BCUT2D eigenvalue weighted by molar-refractivity contribution is 6.30. The van der Waals surface area contributed by atoms with Gasteiger partial charge in [0.1, 0.15) is 0 Å². The summed E-state index contributed by atoms with van der Waals surface area (Å²) < 4.78 is 0. The zero-order valence-electron chi connectivity index (χ0n) is 15.4. The van der Waals surface area contributed by atoms with Crippen LogP contribution in [0.4, 0.5) is 5.69 Å². The summed E-state index contributed by atoms with van der Waals surface area (Å²) in [6.45, 7) is 4.26. The van der Waals surface area contributed by atoms with Crippen molar-refractivity contribution in [2.24, 2.45) is 0 Å². The summed E-state index contributed by atoms with van der Waals surface area (Å²) in [4.78, 5) is 14.2. The molecule has 4 rings (SSSR count). The maximum absolute atomic E-state index is 12.4. The summed E-state index contributed by atoms with van der Waals surface area (Å²) >= 11 is 6.16. The number of nitrogens with zero attached hydrogens (tertiary/aromatic N) is 1. The van der Waals surface area contributed by atoms with Crippen molar-refractivity contribution in [3.8, 4) is 11.1 Å². The molecule has 0 spiro atoms. The SMILES string of the molecule is CC(=O)N1Cc2cc(-c3ccccc3C)ccc2/C=C\c2cc(Cl)ccc21. The van der Waals surface area contributed by atoms with Crippen LogP contribution in [0.15, 0.2) is 60.7 Å². The van der Waals surface area contributed by atoms with E-state index in [4.69, 9.17) is 11.6 Å². The summed E-state index contributed by atoms with van der Waals surface area (Å²) in [5.74, 6) is 0.0149. The lowest BCUT2D eigenvalue weighted by atomic mass is 9.94. The molecule has 0 atom stereocenters. The van der Waals surface area contributed by atoms with Crippen molar-refractivity contribution in [3.63, 3.8) is 0 Å². The van der Waals surface area contributed by atoms with Crippen molar-refractivity contribution >= 4 is 35.3 Å². The summed E-state index contributed by atoms with van der Waals surface area (Å²) in [5, 5.41) is 0.664. The largest absolute Gasteiger partial charge is 0.308 e. The second-order valence-corrected chi connectivity index (χ2v) is 7.31. The number of hydrogen-bond acceptors (Lipinski definition) is 1. The monoisotopic (exact) mass is 373 g/mol. The maximum Gasteiger partial charge on any atom is 0.224 e. The number of carbonyl (C=O) groups excluding carboxylic acids is 1. The van der Waals surface area contributed by atoms with Crippen LogP contribution < -0.4 is 4.90 Å². The van der Waals surface area contributed by atoms with Gasteiger partial charge >= 0.3 is 0 Å². The highest BCUT2D eigenvalue weighted by Crippen LogP contribution is 2.33. The van der Waals surface area contributed by atoms with E-state index >= 15 is 0 Å². The number of halogens is 1. The Bertz CT molecular complexity index is 1070. The second kappa shape index (κ2) is 7.05. The molecule has 0 unspecified atom stereocenters. The Morgan fingerprint density at radius 1 is 0.963 bits per heavy atom. The number of hydrogen-bond donors (Lipinski definition) is 0. The zero-order valence-corrected chi connectivity index (χ0v) is 16.1. The van der Waals surface area contributed by atoms with E-state index in [2.05, 4.69) is 55.5 Å². The molecule has 1 heterocycles. The highest BCUT2D eigenvalue weighted by Gasteiger charge is 2.19. The Morgan fingerprint density at radius 3 is 2.52 bits per heavy atom. The van der Waals surface area contributed by atoms with Crippen molar-refractivity contribution in [1.29, 1.82) is 0 Å². The molecule has 0 fully saturated rings. The Labute approximate surface area is 164 Å². The number of amides is 1. The molecule has 0 aromatic heterocycles. The fraction of sp³-hybridized carbons (Fsp3) is 0.125. The number of anilines is 1. The van der Waals surface area contributed by atoms with Crippen molar-refractivity contribution < 1.29 is 4.79 Å². The maximum atomic E-state index is 12.4. The highest BCUT2D eigenvalue weighted by atomic mass is 35.5. The summed E-state index contributed by atoms with van der Waals surface area (Å²) in [6, 6.07) is 20.5. The van der Waals surface area contributed by atoms with Gasteiger partial charge in [0, 0.05) is 11.9 Å². The first-order chi connectivity index (χ1) is 13.0. The molecule has 3 aromatic carbocycles. The van der Waals surface area contributed by atoms with E-state index in [0.29, 0.717) is 11.6 Å². The average molecular weight is 374 g/mol. The smallest absolute Gasteiger partial charge is 0.224 e. The molecule has 0 N–H and O–H groups in total. The zero-order chi connectivity index (χ0) is 19.0. The molecule has 1 aliphatic heterocycles. The normalized spacial score (nSPS) is 14.0. The third-order valence-corrected chi connectivity index (χ3v) is 5.27. The van der Waals surface area contributed by atoms with Crippen molar-refractivity contribution in [3.05, 3.63) is 87.9 Å². The molecular weight excluding hydrogens is 354 g/mol. The predicted molar refractivity (Wildman–Crippen MR) is 114 cm³/mol. The molecule has 1 amide bonds. The fourth-order valence-electron chi connectivity index (χ4n) is 3.59. The Hall–Kier alpha value is -2.84. The van der Waals surface area contributed by atoms with Gasteiger partial charge < -0.3 is 4.90 Å². The van der Waals surface area contributed by atoms with Gasteiger partial charge in [0.05, 0.1) is 12.2 Å². The third kappa shape index (κ3) is 3.41. The van der Waals surface area contributed by atoms with Gasteiger partial charge in [-0.3, -0.25) is 4.79 Å². The molecule has 3 aromatic rings. The number of fused-ring (bicyclic) bond motifs is 2. The molecular formula is C24H20ClNO. The van der Waals surface area contributed by atoms with E-state index in [1.54, 1.807) is 6.92 Å². The molecule has 27 heavy (non-hydrogen) atoms. The topological polar surface area (TPSA) is 20.3 Å². The van der Waals surface area contributed by atoms with Gasteiger partial charge in [0.25, 0.3) is 0 Å². The number of aryl methyl sites for hydroxylation is 1. The molecule has 3 heteroatoms. The third-order valence-electron chi connectivity index (χ3n) is 5.03. The number of rotatable bonds is 1. The average Bonchev–Trinajstić information content (AvgIpc) is 2.64. The molecule has 134 valence electrons. The van der Waals surface area contributed by atoms with Gasteiger partial charge in [-0.2, -0.15) is 0 Å². The van der Waals surface area contributed by atoms with Gasteiger partial charge in [-0.05, 0) is 64.6 Å². The summed E-state index contributed by atoms with van der Waals surface area (Å²) in [5.41, 5.74) is 7.70. The van der Waals surface area contributed by atoms with Crippen LogP contribution in [-0.2, 0) is 11.3 Å². The van der Waals surface area contributed by atoms with Crippen LogP contribution in [0, 0.1) is 6.92 Å². The van der Waals surface area contributed by atoms with E-state index in [-0.39, 0.29) is 5.91 Å². The van der Waals surface area contributed by atoms with Crippen LogP contribution in [-0.4, -0.2) is 5.91 Å². The van der Waals surface area contributed by atoms with Crippen molar-refractivity contribution in [2.45, 2.75) is 20.4 Å². The minimum absolute atomic E-state index is 0.0149. The van der Waals surface area contributed by atoms with Crippen LogP contribution in [0.5, 0.6) is 0 Å². The first kappa shape index (κ1) is 17.6. The van der Waals surface area contributed by atoms with Gasteiger partial charge in [0.15, 0.2) is 0 Å². The first-order valence-corrected chi connectivity index (χ1v) is 9.35. The lowest BCUT2D eigenvalue weighted by Gasteiger charge is -2.26. The minimum Gasteiger partial charge on any atom is -0.308 e. The van der Waals surface area contributed by atoms with Crippen LogP contribution in [0.1, 0.15) is 29.2 Å². The Kier molecular flexibility index (Phi) is 4.59. The van der Waals surface area contributed by atoms with Crippen LogP contribution in [0.3, 0.4) is 0 Å². The van der Waals surface area contributed by atoms with E-state index in [1.807, 2.05) is 29.2 Å². The van der Waals surface area contributed by atoms with Gasteiger partial charge in [-0.1, -0.05) is 60.2 Å². The van der Waals surface area contributed by atoms with Crippen LogP contribution in [0.2, 0.25) is 5.02 Å². The Morgan fingerprint density at radius 2 is 1.74 bits per heavy atom. The van der Waals surface area contributed by atoms with Gasteiger partial charge in [0.2, 0.25) is 5.91 Å². The molecule has 0 saturated heterocycles. The van der Waals surface area contributed by atoms with E-state index in [0.717, 1.165) is 22.4 Å². The fourth-order valence-corrected chi connectivity index (χ4v) is 3.77. The predicted octanol–water partition coefficient (Wildman–Crippen LogP) is 6.35. The summed E-state index contributed by atoms with van der Waals surface area (Å²) in [6.07, 6.45) is 4.13. The van der Waals surface area contributed by atoms with Crippen molar-refractivity contribution in [2.75, 3.05) is 4.90 Å². The lowest BCUT2D eigenvalue weighted by molar-refractivity contribution is -0.116. The van der Waals surface area contributed by atoms with Crippen molar-refractivity contribution in [1.82, 2.24) is 0 Å². The number of benzene rings is 3. The standard InChI is InChI=1S/C24H20ClNO/c1-16-5-3-4-6-23(16)19-9-7-18-8-10-20-14-22(25)11-12-24(20)26(17(2)27)15-21(18)13-19/h3-14H,15H2,1-2H3/b10-8-. The van der Waals surface area contributed by atoms with Crippen LogP contribution >= 0.6 is 11.6 Å². The molecule has 0 bridgehead atoms. The van der Waals surface area contributed by atoms with Gasteiger partial charge in [-0.25, -0.2) is 0 Å². The van der Waals surface area contributed by atoms with E-state index < -0.39 is 0 Å². The Balaban J connectivity index is 1.85. The minimum atomic E-state index is 0.0149. The summed E-state index contributed by atoms with van der Waals surface area (Å²) in [7, 11) is 0. The second-order valence-electron chi connectivity index (χ2n) is 6.87. The quantitative estimate of drug-likeness (QED) is 0.486.